The molecule has 0 aromatic heterocycles. The van der Waals surface area contributed by atoms with E-state index in [0.29, 0.717) is 5.56 Å². The molecule has 0 aliphatic carbocycles. The number of hydrogen-bond acceptors (Lipinski definition) is 3. The van der Waals surface area contributed by atoms with Crippen LogP contribution in [-0.2, 0) is 0 Å². The minimum Gasteiger partial charge on any atom is -0.393 e. The average Bonchev–Trinajstić information content (AvgIpc) is 2.37. The van der Waals surface area contributed by atoms with Crippen LogP contribution < -0.4 is 0 Å². The van der Waals surface area contributed by atoms with Crippen LogP contribution in [0.5, 0.6) is 0 Å². The summed E-state index contributed by atoms with van der Waals surface area (Å²) in [5.41, 5.74) is -0.615. The summed E-state index contributed by atoms with van der Waals surface area (Å²) < 4.78 is 0. The second-order valence-electron chi connectivity index (χ2n) is 6.43. The zero-order valence-electron chi connectivity index (χ0n) is 12.1. The minimum atomic E-state index is -1.01. The van der Waals surface area contributed by atoms with Gasteiger partial charge in [0.15, 0.2) is 0 Å². The predicted molar refractivity (Wildman–Crippen MR) is 75.2 cm³/mol. The lowest BCUT2D eigenvalue weighted by Gasteiger charge is -2.34. The second-order valence-corrected chi connectivity index (χ2v) is 6.43. The fourth-order valence-corrected chi connectivity index (χ4v) is 1.93. The predicted octanol–water partition coefficient (Wildman–Crippen LogP) is 3.05. The van der Waals surface area contributed by atoms with E-state index in [1.165, 1.54) is 0 Å². The first kappa shape index (κ1) is 15.7. The Morgan fingerprint density at radius 2 is 1.63 bits per heavy atom. The van der Waals surface area contributed by atoms with Gasteiger partial charge in [0, 0.05) is 0 Å². The molecule has 0 spiro atoms. The molecular weight excluding hydrogens is 238 g/mol. The maximum Gasteiger partial charge on any atom is 0.0974 e. The zero-order chi connectivity index (χ0) is 14.7. The van der Waals surface area contributed by atoms with Crippen LogP contribution in [0.15, 0.2) is 30.3 Å². The van der Waals surface area contributed by atoms with Crippen LogP contribution >= 0.6 is 0 Å². The molecule has 104 valence electrons. The van der Waals surface area contributed by atoms with Crippen molar-refractivity contribution in [2.24, 2.45) is 10.8 Å². The Labute approximate surface area is 115 Å². The molecule has 0 saturated carbocycles. The van der Waals surface area contributed by atoms with E-state index in [4.69, 9.17) is 0 Å². The van der Waals surface area contributed by atoms with Gasteiger partial charge in [-0.1, -0.05) is 51.1 Å². The van der Waals surface area contributed by atoms with Crippen molar-refractivity contribution in [2.45, 2.75) is 46.3 Å². The lowest BCUT2D eigenvalue weighted by molar-refractivity contribution is -0.0113. The van der Waals surface area contributed by atoms with Gasteiger partial charge in [-0.2, -0.15) is 5.26 Å². The van der Waals surface area contributed by atoms with Crippen molar-refractivity contribution in [2.75, 3.05) is 0 Å². The average molecular weight is 261 g/mol. The smallest absolute Gasteiger partial charge is 0.0974 e. The molecule has 0 aliphatic rings. The van der Waals surface area contributed by atoms with Crippen molar-refractivity contribution < 1.29 is 10.2 Å². The van der Waals surface area contributed by atoms with Gasteiger partial charge < -0.3 is 10.2 Å². The molecule has 0 unspecified atom stereocenters. The summed E-state index contributed by atoms with van der Waals surface area (Å²) in [6, 6.07) is 11.3. The first-order valence-corrected chi connectivity index (χ1v) is 6.53. The fourth-order valence-electron chi connectivity index (χ4n) is 1.93. The molecule has 19 heavy (non-hydrogen) atoms. The van der Waals surface area contributed by atoms with E-state index >= 15 is 0 Å². The van der Waals surface area contributed by atoms with E-state index in [0.717, 1.165) is 0 Å². The highest BCUT2D eigenvalue weighted by molar-refractivity contribution is 5.22. The largest absolute Gasteiger partial charge is 0.393 e. The van der Waals surface area contributed by atoms with Crippen molar-refractivity contribution in [3.63, 3.8) is 0 Å². The summed E-state index contributed by atoms with van der Waals surface area (Å²) in [4.78, 5) is 0. The summed E-state index contributed by atoms with van der Waals surface area (Å²) in [5, 5.41) is 30.0. The Bertz CT molecular complexity index is 444. The Morgan fingerprint density at radius 1 is 1.11 bits per heavy atom. The van der Waals surface area contributed by atoms with Crippen molar-refractivity contribution in [3.8, 4) is 6.07 Å². The van der Waals surface area contributed by atoms with E-state index in [9.17, 15) is 15.5 Å². The number of benzene rings is 1. The Kier molecular flexibility index (Phi) is 4.73. The van der Waals surface area contributed by atoms with Gasteiger partial charge in [-0.05, 0) is 24.3 Å². The summed E-state index contributed by atoms with van der Waals surface area (Å²) >= 11 is 0. The van der Waals surface area contributed by atoms with Crippen molar-refractivity contribution in [3.05, 3.63) is 35.9 Å². The van der Waals surface area contributed by atoms with Crippen LogP contribution in [0.25, 0.3) is 0 Å². The lowest BCUT2D eigenvalue weighted by atomic mass is 9.73. The Morgan fingerprint density at radius 3 is 2.05 bits per heavy atom. The van der Waals surface area contributed by atoms with Gasteiger partial charge in [0.05, 0.1) is 23.7 Å². The molecule has 1 aromatic carbocycles. The summed E-state index contributed by atoms with van der Waals surface area (Å²) in [7, 11) is 0. The maximum absolute atomic E-state index is 10.4. The number of hydrogen-bond donors (Lipinski definition) is 2. The highest BCUT2D eigenvalue weighted by Gasteiger charge is 2.39. The normalized spacial score (nSPS) is 18.2. The molecule has 2 N–H and O–H groups in total. The topological polar surface area (TPSA) is 64.2 Å². The maximum atomic E-state index is 10.4. The molecule has 1 aromatic rings. The highest BCUT2D eigenvalue weighted by Crippen LogP contribution is 2.40. The van der Waals surface area contributed by atoms with E-state index in [2.05, 4.69) is 6.07 Å². The fraction of sp³-hybridized carbons (Fsp3) is 0.562. The first-order valence-electron chi connectivity index (χ1n) is 6.53. The van der Waals surface area contributed by atoms with Crippen LogP contribution in [0.4, 0.5) is 0 Å². The minimum absolute atomic E-state index is 0.239. The molecular formula is C16H23NO2. The van der Waals surface area contributed by atoms with Crippen molar-refractivity contribution >= 4 is 0 Å². The molecule has 0 saturated heterocycles. The molecule has 3 atom stereocenters. The van der Waals surface area contributed by atoms with E-state index in [1.807, 2.05) is 39.0 Å². The third-order valence-electron chi connectivity index (χ3n) is 3.59. The van der Waals surface area contributed by atoms with Crippen LogP contribution in [0.2, 0.25) is 0 Å². The van der Waals surface area contributed by atoms with Gasteiger partial charge in [0.1, 0.15) is 0 Å². The zero-order valence-corrected chi connectivity index (χ0v) is 12.1. The number of nitriles is 1. The summed E-state index contributed by atoms with van der Waals surface area (Å²) in [6.45, 7) is 7.46. The van der Waals surface area contributed by atoms with E-state index in [-0.39, 0.29) is 11.8 Å². The standard InChI is InChI=1S/C16H23NO2/c1-15(2,3)13(18)10-16(4,11-17)14(19)12-8-6-5-7-9-12/h5-9,13-14,18-19H,10H2,1-4H3/t13-,14+,16-/m1/s1. The molecule has 0 heterocycles. The van der Waals surface area contributed by atoms with Crippen LogP contribution in [0, 0.1) is 22.2 Å². The Hall–Kier alpha value is -1.37. The number of nitrogens with zero attached hydrogens (tertiary/aromatic N) is 1. The SMILES string of the molecule is CC(C)(C)[C@H](O)C[C@](C)(C#N)[C@@H](O)c1ccccc1. The summed E-state index contributed by atoms with van der Waals surface area (Å²) in [6.07, 6.45) is -1.31. The molecule has 0 fully saturated rings. The molecule has 1 rings (SSSR count). The Balaban J connectivity index is 2.96. The number of aliphatic hydroxyl groups excluding tert-OH is 2. The van der Waals surface area contributed by atoms with Gasteiger partial charge in [0.2, 0.25) is 0 Å². The van der Waals surface area contributed by atoms with Gasteiger partial charge in [-0.3, -0.25) is 0 Å². The van der Waals surface area contributed by atoms with Crippen LogP contribution in [0.1, 0.15) is 45.8 Å². The van der Waals surface area contributed by atoms with Crippen molar-refractivity contribution in [1.82, 2.24) is 0 Å². The lowest BCUT2D eigenvalue weighted by Crippen LogP contribution is -2.35. The molecule has 0 radical (unpaired) electrons. The van der Waals surface area contributed by atoms with Crippen LogP contribution in [0.3, 0.4) is 0 Å². The van der Waals surface area contributed by atoms with Crippen LogP contribution in [-0.4, -0.2) is 16.3 Å². The summed E-state index contributed by atoms with van der Waals surface area (Å²) in [5.74, 6) is 0. The van der Waals surface area contributed by atoms with Gasteiger partial charge >= 0.3 is 0 Å². The van der Waals surface area contributed by atoms with Gasteiger partial charge in [-0.25, -0.2) is 0 Å². The first-order chi connectivity index (χ1) is 8.70. The van der Waals surface area contributed by atoms with E-state index in [1.54, 1.807) is 19.1 Å². The molecule has 3 heteroatoms. The second kappa shape index (κ2) is 5.73. The molecule has 0 bridgehead atoms. The van der Waals surface area contributed by atoms with Gasteiger partial charge in [0.25, 0.3) is 0 Å². The number of aliphatic hydroxyl groups is 2. The third-order valence-corrected chi connectivity index (χ3v) is 3.59. The number of rotatable bonds is 4. The molecule has 0 aliphatic heterocycles. The molecule has 3 nitrogen and oxygen atoms in total. The monoisotopic (exact) mass is 261 g/mol. The highest BCUT2D eigenvalue weighted by atomic mass is 16.3. The third kappa shape index (κ3) is 3.79. The van der Waals surface area contributed by atoms with Gasteiger partial charge in [-0.15, -0.1) is 0 Å². The quantitative estimate of drug-likeness (QED) is 0.875. The van der Waals surface area contributed by atoms with E-state index < -0.39 is 17.6 Å². The van der Waals surface area contributed by atoms with Crippen molar-refractivity contribution in [1.29, 1.82) is 5.26 Å². The molecule has 0 amide bonds.